The van der Waals surface area contributed by atoms with Crippen LogP contribution in [0.15, 0.2) is 46.7 Å². The van der Waals surface area contributed by atoms with Crippen molar-refractivity contribution in [1.82, 2.24) is 4.57 Å². The quantitative estimate of drug-likeness (QED) is 0.714. The number of carboxylic acid groups (broad SMARTS) is 1. The average molecular weight is 402 g/mol. The standard InChI is InChI=1S/C20H16ClNO4S/c1-11-3-5-14-16(10-27(25,26)18(14)7-11)20-12(2)22(9-19(23)24)17-8-13(21)4-6-15(17)20/h3-8,10H,9H2,1-2H3,(H,23,24). The lowest BCUT2D eigenvalue weighted by atomic mass is 9.96. The summed E-state index contributed by atoms with van der Waals surface area (Å²) in [6.45, 7) is 3.41. The molecule has 0 saturated carbocycles. The molecule has 0 radical (unpaired) electrons. The first kappa shape index (κ1) is 17.8. The number of carboxylic acids is 1. The predicted octanol–water partition coefficient (Wildman–Crippen LogP) is 4.17. The number of aliphatic carboxylic acids is 1. The highest BCUT2D eigenvalue weighted by Gasteiger charge is 2.31. The number of aryl methyl sites for hydroxylation is 1. The molecule has 3 aromatic rings. The van der Waals surface area contributed by atoms with Gasteiger partial charge in [0.15, 0.2) is 0 Å². The Bertz CT molecular complexity index is 1270. The fourth-order valence-corrected chi connectivity index (χ4v) is 5.38. The molecule has 5 nitrogen and oxygen atoms in total. The third kappa shape index (κ3) is 2.76. The van der Waals surface area contributed by atoms with Crippen LogP contribution in [0.5, 0.6) is 0 Å². The van der Waals surface area contributed by atoms with Crippen LogP contribution in [0.4, 0.5) is 0 Å². The van der Waals surface area contributed by atoms with Crippen LogP contribution in [0, 0.1) is 13.8 Å². The highest BCUT2D eigenvalue weighted by molar-refractivity contribution is 7.95. The highest BCUT2D eigenvalue weighted by atomic mass is 35.5. The lowest BCUT2D eigenvalue weighted by Crippen LogP contribution is -2.10. The van der Waals surface area contributed by atoms with Crippen LogP contribution in [-0.2, 0) is 21.2 Å². The fraction of sp³-hybridized carbons (Fsp3) is 0.150. The van der Waals surface area contributed by atoms with Gasteiger partial charge in [-0.2, -0.15) is 0 Å². The minimum atomic E-state index is -3.55. The van der Waals surface area contributed by atoms with Crippen molar-refractivity contribution in [2.75, 3.05) is 0 Å². The number of sulfone groups is 1. The van der Waals surface area contributed by atoms with Gasteiger partial charge in [0.1, 0.15) is 6.54 Å². The number of nitrogens with zero attached hydrogens (tertiary/aromatic N) is 1. The lowest BCUT2D eigenvalue weighted by molar-refractivity contribution is -0.137. The first-order valence-corrected chi connectivity index (χ1v) is 10.2. The van der Waals surface area contributed by atoms with E-state index < -0.39 is 15.8 Å². The molecule has 0 saturated heterocycles. The van der Waals surface area contributed by atoms with E-state index in [0.717, 1.165) is 10.9 Å². The molecule has 0 fully saturated rings. The van der Waals surface area contributed by atoms with Crippen LogP contribution >= 0.6 is 11.6 Å². The maximum atomic E-state index is 12.7. The van der Waals surface area contributed by atoms with Crippen molar-refractivity contribution in [3.63, 3.8) is 0 Å². The Labute approximate surface area is 161 Å². The summed E-state index contributed by atoms with van der Waals surface area (Å²) in [7, 11) is -3.55. The summed E-state index contributed by atoms with van der Waals surface area (Å²) in [6.07, 6.45) is 0. The van der Waals surface area contributed by atoms with Crippen molar-refractivity contribution >= 4 is 43.9 Å². The molecule has 1 N–H and O–H groups in total. The number of carbonyl (C=O) groups is 1. The minimum Gasteiger partial charge on any atom is -0.480 e. The Morgan fingerprint density at radius 3 is 2.59 bits per heavy atom. The summed E-state index contributed by atoms with van der Waals surface area (Å²) in [6, 6.07) is 10.6. The second-order valence-electron chi connectivity index (χ2n) is 6.68. The number of benzene rings is 2. The van der Waals surface area contributed by atoms with Gasteiger partial charge in [0.2, 0.25) is 9.84 Å². The maximum absolute atomic E-state index is 12.7. The molecule has 138 valence electrons. The molecule has 2 aromatic carbocycles. The third-order valence-electron chi connectivity index (χ3n) is 4.86. The van der Waals surface area contributed by atoms with Crippen LogP contribution in [0.1, 0.15) is 22.4 Å². The molecule has 0 aliphatic carbocycles. The normalized spacial score (nSPS) is 15.0. The van der Waals surface area contributed by atoms with E-state index in [1.807, 2.05) is 13.0 Å². The van der Waals surface area contributed by atoms with Crippen molar-refractivity contribution in [3.05, 3.63) is 69.2 Å². The first-order chi connectivity index (χ1) is 12.7. The molecule has 1 aliphatic heterocycles. The topological polar surface area (TPSA) is 76.4 Å². The number of hydrogen-bond acceptors (Lipinski definition) is 3. The summed E-state index contributed by atoms with van der Waals surface area (Å²) in [5.74, 6) is -0.981. The second-order valence-corrected chi connectivity index (χ2v) is 8.88. The van der Waals surface area contributed by atoms with E-state index in [1.165, 1.54) is 5.41 Å². The van der Waals surface area contributed by atoms with Crippen LogP contribution in [0.3, 0.4) is 0 Å². The summed E-state index contributed by atoms with van der Waals surface area (Å²) in [4.78, 5) is 11.6. The van der Waals surface area contributed by atoms with Gasteiger partial charge < -0.3 is 9.67 Å². The number of rotatable bonds is 3. The second kappa shape index (κ2) is 5.97. The molecule has 27 heavy (non-hydrogen) atoms. The van der Waals surface area contributed by atoms with Gasteiger partial charge in [-0.25, -0.2) is 8.42 Å². The molecular weight excluding hydrogens is 386 g/mol. The van der Waals surface area contributed by atoms with Crippen LogP contribution < -0.4 is 0 Å². The molecule has 0 spiro atoms. The van der Waals surface area contributed by atoms with Crippen molar-refractivity contribution < 1.29 is 18.3 Å². The van der Waals surface area contributed by atoms with E-state index in [4.69, 9.17) is 11.6 Å². The number of halogens is 1. The Morgan fingerprint density at radius 2 is 1.89 bits per heavy atom. The van der Waals surface area contributed by atoms with Crippen LogP contribution in [-0.4, -0.2) is 24.1 Å². The molecule has 1 aromatic heterocycles. The van der Waals surface area contributed by atoms with Crippen LogP contribution in [0.25, 0.3) is 16.5 Å². The Morgan fingerprint density at radius 1 is 1.15 bits per heavy atom. The van der Waals surface area contributed by atoms with Gasteiger partial charge >= 0.3 is 5.97 Å². The molecule has 0 amide bonds. The molecule has 0 atom stereocenters. The van der Waals surface area contributed by atoms with Crippen LogP contribution in [0.2, 0.25) is 5.02 Å². The predicted molar refractivity (Wildman–Crippen MR) is 105 cm³/mol. The van der Waals surface area contributed by atoms with Gasteiger partial charge in [0.05, 0.1) is 10.4 Å². The SMILES string of the molecule is Cc1ccc2c(c1)S(=O)(=O)C=C2c1c(C)n(CC(=O)O)c2cc(Cl)ccc12. The van der Waals surface area contributed by atoms with Crippen molar-refractivity contribution in [2.45, 2.75) is 25.3 Å². The van der Waals surface area contributed by atoms with Gasteiger partial charge in [0.25, 0.3) is 0 Å². The summed E-state index contributed by atoms with van der Waals surface area (Å²) in [5.41, 5.74) is 4.14. The largest absolute Gasteiger partial charge is 0.480 e. The van der Waals surface area contributed by atoms with E-state index in [1.54, 1.807) is 41.8 Å². The van der Waals surface area contributed by atoms with Gasteiger partial charge in [-0.1, -0.05) is 29.8 Å². The minimum absolute atomic E-state index is 0.233. The Balaban J connectivity index is 2.07. The molecule has 0 bridgehead atoms. The number of fused-ring (bicyclic) bond motifs is 2. The summed E-state index contributed by atoms with van der Waals surface area (Å²) in [5, 5.41) is 11.8. The van der Waals surface area contributed by atoms with Crippen molar-refractivity contribution in [3.8, 4) is 0 Å². The van der Waals surface area contributed by atoms with Gasteiger partial charge in [-0.3, -0.25) is 4.79 Å². The van der Waals surface area contributed by atoms with Gasteiger partial charge in [-0.15, -0.1) is 0 Å². The first-order valence-electron chi connectivity index (χ1n) is 8.27. The van der Waals surface area contributed by atoms with Crippen molar-refractivity contribution in [2.24, 2.45) is 0 Å². The van der Waals surface area contributed by atoms with Gasteiger partial charge in [-0.05, 0) is 37.6 Å². The highest BCUT2D eigenvalue weighted by Crippen LogP contribution is 2.43. The van der Waals surface area contributed by atoms with E-state index in [2.05, 4.69) is 0 Å². The maximum Gasteiger partial charge on any atom is 0.323 e. The number of aromatic nitrogens is 1. The lowest BCUT2D eigenvalue weighted by Gasteiger charge is -2.08. The van der Waals surface area contributed by atoms with Gasteiger partial charge in [0, 0.05) is 38.2 Å². The molecule has 2 heterocycles. The summed E-state index contributed by atoms with van der Waals surface area (Å²) >= 11 is 6.12. The van der Waals surface area contributed by atoms with Crippen molar-refractivity contribution in [1.29, 1.82) is 0 Å². The Hall–Kier alpha value is -2.57. The molecular formula is C20H16ClNO4S. The average Bonchev–Trinajstić information content (AvgIpc) is 2.99. The zero-order chi connectivity index (χ0) is 19.5. The molecule has 4 rings (SSSR count). The molecule has 1 aliphatic rings. The summed E-state index contributed by atoms with van der Waals surface area (Å²) < 4.78 is 27.0. The van der Waals surface area contributed by atoms with E-state index in [-0.39, 0.29) is 11.4 Å². The van der Waals surface area contributed by atoms with E-state index in [9.17, 15) is 18.3 Å². The molecule has 7 heteroatoms. The van der Waals surface area contributed by atoms with E-state index >= 15 is 0 Å². The molecule has 0 unspecified atom stereocenters. The van der Waals surface area contributed by atoms with E-state index in [0.29, 0.717) is 32.9 Å². The smallest absolute Gasteiger partial charge is 0.323 e. The zero-order valence-electron chi connectivity index (χ0n) is 14.7. The third-order valence-corrected chi connectivity index (χ3v) is 6.59. The zero-order valence-corrected chi connectivity index (χ0v) is 16.2. The Kier molecular flexibility index (Phi) is 3.94. The monoisotopic (exact) mass is 401 g/mol. The fourth-order valence-electron chi connectivity index (χ4n) is 3.69. The number of hydrogen-bond donors (Lipinski definition) is 1.